The Bertz CT molecular complexity index is 556. The second-order valence-electron chi connectivity index (χ2n) is 5.97. The van der Waals surface area contributed by atoms with Crippen LogP contribution >= 0.6 is 11.8 Å². The lowest BCUT2D eigenvalue weighted by molar-refractivity contribution is -0.134. The molecule has 0 radical (unpaired) electrons. The summed E-state index contributed by atoms with van der Waals surface area (Å²) < 4.78 is 13.0. The van der Waals surface area contributed by atoms with Crippen molar-refractivity contribution in [2.24, 2.45) is 11.7 Å². The molecule has 1 aromatic carbocycles. The average molecular weight is 338 g/mol. The highest BCUT2D eigenvalue weighted by Gasteiger charge is 2.29. The first kappa shape index (κ1) is 17.8. The summed E-state index contributed by atoms with van der Waals surface area (Å²) in [6.07, 6.45) is 1.29. The number of nitrogens with zero attached hydrogens (tertiary/aromatic N) is 1. The zero-order valence-corrected chi connectivity index (χ0v) is 14.3. The van der Waals surface area contributed by atoms with Gasteiger partial charge in [-0.15, -0.1) is 11.8 Å². The topological polar surface area (TPSA) is 63.4 Å². The predicted octanol–water partition coefficient (Wildman–Crippen LogP) is 2.73. The molecule has 4 nitrogen and oxygen atoms in total. The largest absolute Gasteiger partial charge is 0.369 e. The highest BCUT2D eigenvalue weighted by molar-refractivity contribution is 8.00. The van der Waals surface area contributed by atoms with Crippen molar-refractivity contribution in [2.75, 3.05) is 13.1 Å². The average Bonchev–Trinajstić information content (AvgIpc) is 2.54. The summed E-state index contributed by atoms with van der Waals surface area (Å²) in [4.78, 5) is 25.5. The number of rotatable bonds is 5. The van der Waals surface area contributed by atoms with Gasteiger partial charge in [0.2, 0.25) is 11.8 Å². The van der Waals surface area contributed by atoms with Crippen LogP contribution in [0.5, 0.6) is 0 Å². The minimum Gasteiger partial charge on any atom is -0.369 e. The van der Waals surface area contributed by atoms with Crippen molar-refractivity contribution in [3.63, 3.8) is 0 Å². The monoisotopic (exact) mass is 338 g/mol. The van der Waals surface area contributed by atoms with Crippen molar-refractivity contribution in [3.05, 3.63) is 35.6 Å². The Kier molecular flexibility index (Phi) is 6.04. The van der Waals surface area contributed by atoms with Gasteiger partial charge in [-0.3, -0.25) is 9.59 Å². The van der Waals surface area contributed by atoms with E-state index in [4.69, 9.17) is 5.73 Å². The van der Waals surface area contributed by atoms with E-state index >= 15 is 0 Å². The summed E-state index contributed by atoms with van der Waals surface area (Å²) in [7, 11) is 0. The van der Waals surface area contributed by atoms with Gasteiger partial charge in [-0.1, -0.05) is 12.1 Å². The van der Waals surface area contributed by atoms with Gasteiger partial charge in [0, 0.05) is 24.3 Å². The number of nitrogens with two attached hydrogens (primary N) is 1. The number of carbonyl (C=O) groups is 2. The van der Waals surface area contributed by atoms with Gasteiger partial charge in [0.25, 0.3) is 0 Å². The summed E-state index contributed by atoms with van der Waals surface area (Å²) in [5.74, 6) is -0.552. The number of primary amides is 1. The first-order valence-corrected chi connectivity index (χ1v) is 8.81. The van der Waals surface area contributed by atoms with E-state index in [1.54, 1.807) is 23.9 Å². The molecule has 0 bridgehead atoms. The van der Waals surface area contributed by atoms with Gasteiger partial charge in [0.15, 0.2) is 0 Å². The van der Waals surface area contributed by atoms with E-state index in [0.717, 1.165) is 5.56 Å². The number of thioether (sulfide) groups is 1. The normalized spacial score (nSPS) is 18.5. The molecule has 0 saturated carbocycles. The number of hydrogen-bond acceptors (Lipinski definition) is 3. The van der Waals surface area contributed by atoms with Crippen LogP contribution in [0.4, 0.5) is 4.39 Å². The third-order valence-corrected chi connectivity index (χ3v) is 5.59. The van der Waals surface area contributed by atoms with Crippen molar-refractivity contribution in [2.45, 2.75) is 37.2 Å². The molecule has 1 heterocycles. The zero-order valence-electron chi connectivity index (χ0n) is 13.5. The molecule has 1 saturated heterocycles. The summed E-state index contributed by atoms with van der Waals surface area (Å²) >= 11 is 1.56. The molecule has 2 amide bonds. The fraction of sp³-hybridized carbons (Fsp3) is 0.529. The number of hydrogen-bond donors (Lipinski definition) is 1. The summed E-state index contributed by atoms with van der Waals surface area (Å²) in [5.41, 5.74) is 6.32. The molecule has 126 valence electrons. The smallest absolute Gasteiger partial charge is 0.235 e. The van der Waals surface area contributed by atoms with Crippen molar-refractivity contribution in [1.29, 1.82) is 0 Å². The lowest BCUT2D eigenvalue weighted by Gasteiger charge is -2.32. The first-order valence-electron chi connectivity index (χ1n) is 7.87. The molecular formula is C17H23FN2O2S. The van der Waals surface area contributed by atoms with Gasteiger partial charge >= 0.3 is 0 Å². The molecule has 2 atom stereocenters. The van der Waals surface area contributed by atoms with Crippen LogP contribution in [0.15, 0.2) is 24.3 Å². The molecule has 23 heavy (non-hydrogen) atoms. The van der Waals surface area contributed by atoms with E-state index < -0.39 is 0 Å². The van der Waals surface area contributed by atoms with Crippen molar-refractivity contribution < 1.29 is 14.0 Å². The summed E-state index contributed by atoms with van der Waals surface area (Å²) in [5, 5.41) is -0.0714. The Hall–Kier alpha value is -1.56. The quantitative estimate of drug-likeness (QED) is 0.898. The Morgan fingerprint density at radius 1 is 1.22 bits per heavy atom. The second-order valence-corrected chi connectivity index (χ2v) is 7.66. The molecule has 0 spiro atoms. The van der Waals surface area contributed by atoms with Gasteiger partial charge in [-0.2, -0.15) is 0 Å². The van der Waals surface area contributed by atoms with Crippen LogP contribution < -0.4 is 5.73 Å². The molecule has 2 rings (SSSR count). The molecule has 2 N–H and O–H groups in total. The Morgan fingerprint density at radius 2 is 1.78 bits per heavy atom. The van der Waals surface area contributed by atoms with Crippen molar-refractivity contribution in [1.82, 2.24) is 4.90 Å². The summed E-state index contributed by atoms with van der Waals surface area (Å²) in [6, 6.07) is 6.38. The lowest BCUT2D eigenvalue weighted by Crippen LogP contribution is -2.44. The van der Waals surface area contributed by atoms with Crippen LogP contribution in [0.25, 0.3) is 0 Å². The minimum atomic E-state index is -0.274. The molecule has 1 aromatic rings. The molecule has 0 aliphatic carbocycles. The van der Waals surface area contributed by atoms with E-state index in [9.17, 15) is 14.0 Å². The Morgan fingerprint density at radius 3 is 2.30 bits per heavy atom. The zero-order chi connectivity index (χ0) is 17.0. The van der Waals surface area contributed by atoms with Crippen LogP contribution in [-0.4, -0.2) is 35.1 Å². The van der Waals surface area contributed by atoms with Crippen LogP contribution in [0, 0.1) is 11.7 Å². The standard InChI is InChI=1S/C17H23FN2O2S/c1-11(13-3-5-15(18)6-4-13)23-12(2)17(22)20-9-7-14(8-10-20)16(19)21/h3-6,11-12,14H,7-10H2,1-2H3,(H2,19,21)/t11-,12-/m1/s1. The van der Waals surface area contributed by atoms with Gasteiger partial charge in [0.05, 0.1) is 5.25 Å². The van der Waals surface area contributed by atoms with Crippen LogP contribution in [0.1, 0.15) is 37.5 Å². The first-order chi connectivity index (χ1) is 10.9. The number of likely N-dealkylation sites (tertiary alicyclic amines) is 1. The van der Waals surface area contributed by atoms with Crippen LogP contribution in [0.2, 0.25) is 0 Å². The van der Waals surface area contributed by atoms with E-state index in [0.29, 0.717) is 25.9 Å². The van der Waals surface area contributed by atoms with Gasteiger partial charge in [-0.05, 0) is 44.4 Å². The molecule has 6 heteroatoms. The number of piperidine rings is 1. The summed E-state index contributed by atoms with van der Waals surface area (Å²) in [6.45, 7) is 5.08. The number of carbonyl (C=O) groups excluding carboxylic acids is 2. The van der Waals surface area contributed by atoms with E-state index in [1.807, 2.05) is 18.7 Å². The fourth-order valence-electron chi connectivity index (χ4n) is 2.82. The minimum absolute atomic E-state index is 0.0897. The highest BCUT2D eigenvalue weighted by Crippen LogP contribution is 2.33. The van der Waals surface area contributed by atoms with Gasteiger partial charge in [-0.25, -0.2) is 4.39 Å². The number of benzene rings is 1. The fourth-order valence-corrected chi connectivity index (χ4v) is 4.01. The van der Waals surface area contributed by atoms with E-state index in [-0.39, 0.29) is 34.0 Å². The molecule has 1 aliphatic rings. The molecule has 0 unspecified atom stereocenters. The molecule has 0 aromatic heterocycles. The third-order valence-electron chi connectivity index (χ3n) is 4.30. The highest BCUT2D eigenvalue weighted by atomic mass is 32.2. The second kappa shape index (κ2) is 7.81. The Balaban J connectivity index is 1.87. The SMILES string of the molecule is C[C@@H](S[C@H](C)c1ccc(F)cc1)C(=O)N1CCC(C(N)=O)CC1. The van der Waals surface area contributed by atoms with Crippen LogP contribution in [0.3, 0.4) is 0 Å². The molecular weight excluding hydrogens is 315 g/mol. The van der Waals surface area contributed by atoms with E-state index in [1.165, 1.54) is 12.1 Å². The third kappa shape index (κ3) is 4.70. The van der Waals surface area contributed by atoms with Crippen molar-refractivity contribution in [3.8, 4) is 0 Å². The van der Waals surface area contributed by atoms with E-state index in [2.05, 4.69) is 0 Å². The molecule has 1 aliphatic heterocycles. The van der Waals surface area contributed by atoms with Gasteiger partial charge in [0.1, 0.15) is 5.82 Å². The maximum Gasteiger partial charge on any atom is 0.235 e. The Labute approximate surface area is 140 Å². The molecule has 1 fully saturated rings. The lowest BCUT2D eigenvalue weighted by atomic mass is 9.96. The van der Waals surface area contributed by atoms with Crippen LogP contribution in [-0.2, 0) is 9.59 Å². The maximum absolute atomic E-state index is 13.0. The van der Waals surface area contributed by atoms with Gasteiger partial charge < -0.3 is 10.6 Å². The number of amides is 2. The maximum atomic E-state index is 13.0. The van der Waals surface area contributed by atoms with Crippen molar-refractivity contribution >= 4 is 23.6 Å². The predicted molar refractivity (Wildman–Crippen MR) is 90.4 cm³/mol. The number of halogens is 1.